The molecule has 4 aromatic rings. The van der Waals surface area contributed by atoms with Gasteiger partial charge < -0.3 is 4.74 Å². The van der Waals surface area contributed by atoms with Gasteiger partial charge in [0.15, 0.2) is 5.78 Å². The first-order chi connectivity index (χ1) is 13.6. The van der Waals surface area contributed by atoms with Crippen molar-refractivity contribution < 1.29 is 14.3 Å². The fourth-order valence-electron chi connectivity index (χ4n) is 2.99. The molecule has 138 valence electrons. The average molecular weight is 388 g/mol. The van der Waals surface area contributed by atoms with Gasteiger partial charge in [-0.25, -0.2) is 9.78 Å². The number of esters is 1. The SMILES string of the molecule is COC(=O)c1sc2ncc(C(=O)/C=C/c3ccc4ncccc4c3)cc2c1C. The summed E-state index contributed by atoms with van der Waals surface area (Å²) < 4.78 is 4.80. The molecule has 3 aromatic heterocycles. The van der Waals surface area contributed by atoms with Crippen LogP contribution in [0.5, 0.6) is 0 Å². The Balaban J connectivity index is 1.63. The maximum Gasteiger partial charge on any atom is 0.348 e. The van der Waals surface area contributed by atoms with Crippen molar-refractivity contribution in [3.8, 4) is 0 Å². The van der Waals surface area contributed by atoms with Crippen LogP contribution in [0.4, 0.5) is 0 Å². The Kier molecular flexibility index (Phi) is 4.71. The average Bonchev–Trinajstić information content (AvgIpc) is 3.07. The minimum absolute atomic E-state index is 0.147. The molecule has 6 heteroatoms. The monoisotopic (exact) mass is 388 g/mol. The number of carbonyl (C=O) groups excluding carboxylic acids is 2. The molecular weight excluding hydrogens is 372 g/mol. The summed E-state index contributed by atoms with van der Waals surface area (Å²) in [4.78, 5) is 34.3. The molecule has 0 N–H and O–H groups in total. The highest BCUT2D eigenvalue weighted by atomic mass is 32.1. The van der Waals surface area contributed by atoms with Crippen molar-refractivity contribution in [1.82, 2.24) is 9.97 Å². The Bertz CT molecular complexity index is 1260. The second kappa shape index (κ2) is 7.32. The first kappa shape index (κ1) is 18.0. The molecule has 0 aliphatic carbocycles. The van der Waals surface area contributed by atoms with Gasteiger partial charge in [0.1, 0.15) is 9.71 Å². The summed E-state index contributed by atoms with van der Waals surface area (Å²) in [5.74, 6) is -0.537. The van der Waals surface area contributed by atoms with Crippen LogP contribution in [-0.2, 0) is 4.74 Å². The zero-order valence-electron chi connectivity index (χ0n) is 15.3. The molecule has 0 saturated heterocycles. The lowest BCUT2D eigenvalue weighted by molar-refractivity contribution is 0.0605. The number of carbonyl (C=O) groups is 2. The third-order valence-corrected chi connectivity index (χ3v) is 5.70. The molecule has 5 nitrogen and oxygen atoms in total. The van der Waals surface area contributed by atoms with E-state index >= 15 is 0 Å². The number of pyridine rings is 2. The zero-order chi connectivity index (χ0) is 19.7. The van der Waals surface area contributed by atoms with Crippen LogP contribution in [0.25, 0.3) is 27.2 Å². The summed E-state index contributed by atoms with van der Waals surface area (Å²) in [5.41, 5.74) is 3.08. The maximum atomic E-state index is 12.6. The summed E-state index contributed by atoms with van der Waals surface area (Å²) in [6.45, 7) is 1.83. The molecule has 0 saturated carbocycles. The van der Waals surface area contributed by atoms with Crippen molar-refractivity contribution >= 4 is 50.3 Å². The number of aryl methyl sites for hydroxylation is 1. The highest BCUT2D eigenvalue weighted by Crippen LogP contribution is 2.30. The van der Waals surface area contributed by atoms with Gasteiger partial charge in [-0.05, 0) is 48.4 Å². The Morgan fingerprint density at radius 2 is 2.00 bits per heavy atom. The molecule has 0 atom stereocenters. The largest absolute Gasteiger partial charge is 0.465 e. The van der Waals surface area contributed by atoms with E-state index in [0.717, 1.165) is 27.4 Å². The van der Waals surface area contributed by atoms with E-state index in [0.29, 0.717) is 15.3 Å². The summed E-state index contributed by atoms with van der Waals surface area (Å²) >= 11 is 1.27. The van der Waals surface area contributed by atoms with Gasteiger partial charge >= 0.3 is 5.97 Å². The fourth-order valence-corrected chi connectivity index (χ4v) is 4.04. The van der Waals surface area contributed by atoms with E-state index in [2.05, 4.69) is 9.97 Å². The predicted molar refractivity (Wildman–Crippen MR) is 111 cm³/mol. The minimum Gasteiger partial charge on any atom is -0.465 e. The number of rotatable bonds is 4. The van der Waals surface area contributed by atoms with E-state index in [4.69, 9.17) is 4.74 Å². The molecule has 0 amide bonds. The van der Waals surface area contributed by atoms with E-state index in [-0.39, 0.29) is 11.8 Å². The van der Waals surface area contributed by atoms with Crippen LogP contribution in [0.2, 0.25) is 0 Å². The number of fused-ring (bicyclic) bond motifs is 2. The number of hydrogen-bond acceptors (Lipinski definition) is 6. The van der Waals surface area contributed by atoms with Gasteiger partial charge in [0.25, 0.3) is 0 Å². The van der Waals surface area contributed by atoms with Gasteiger partial charge in [0, 0.05) is 28.7 Å². The third-order valence-electron chi connectivity index (χ3n) is 4.50. The molecule has 0 unspecified atom stereocenters. The summed E-state index contributed by atoms with van der Waals surface area (Å²) in [6, 6.07) is 11.5. The van der Waals surface area contributed by atoms with Crippen molar-refractivity contribution in [1.29, 1.82) is 0 Å². The molecule has 0 aliphatic rings. The minimum atomic E-state index is -0.390. The van der Waals surface area contributed by atoms with Crippen molar-refractivity contribution in [3.05, 3.63) is 76.4 Å². The Labute approximate surface area is 165 Å². The molecule has 4 rings (SSSR count). The van der Waals surface area contributed by atoms with Crippen molar-refractivity contribution in [2.75, 3.05) is 7.11 Å². The number of allylic oxidation sites excluding steroid dienone is 1. The number of ketones is 1. The summed E-state index contributed by atoms with van der Waals surface area (Å²) in [6.07, 6.45) is 6.60. The number of benzene rings is 1. The second-order valence-electron chi connectivity index (χ2n) is 6.28. The molecule has 3 heterocycles. The topological polar surface area (TPSA) is 69.2 Å². The summed E-state index contributed by atoms with van der Waals surface area (Å²) in [5, 5.41) is 1.81. The van der Waals surface area contributed by atoms with Crippen LogP contribution < -0.4 is 0 Å². The number of nitrogens with zero attached hydrogens (tertiary/aromatic N) is 2. The zero-order valence-corrected chi connectivity index (χ0v) is 16.1. The van der Waals surface area contributed by atoms with E-state index < -0.39 is 0 Å². The lowest BCUT2D eigenvalue weighted by Crippen LogP contribution is -1.99. The van der Waals surface area contributed by atoms with Gasteiger partial charge in [-0.3, -0.25) is 9.78 Å². The maximum absolute atomic E-state index is 12.6. The second-order valence-corrected chi connectivity index (χ2v) is 7.28. The molecule has 0 aliphatic heterocycles. The van der Waals surface area contributed by atoms with Crippen LogP contribution in [-0.4, -0.2) is 28.8 Å². The van der Waals surface area contributed by atoms with Crippen molar-refractivity contribution in [2.45, 2.75) is 6.92 Å². The smallest absolute Gasteiger partial charge is 0.348 e. The molecular formula is C22H16N2O3S. The van der Waals surface area contributed by atoms with Crippen molar-refractivity contribution in [3.63, 3.8) is 0 Å². The predicted octanol–water partition coefficient (Wildman–Crippen LogP) is 4.84. The lowest BCUT2D eigenvalue weighted by Gasteiger charge is -1.99. The highest BCUT2D eigenvalue weighted by Gasteiger charge is 2.17. The first-order valence-electron chi connectivity index (χ1n) is 8.61. The van der Waals surface area contributed by atoms with E-state index in [1.807, 2.05) is 37.3 Å². The number of aromatic nitrogens is 2. The van der Waals surface area contributed by atoms with Crippen LogP contribution in [0.3, 0.4) is 0 Å². The fraction of sp³-hybridized carbons (Fsp3) is 0.0909. The number of ether oxygens (including phenoxy) is 1. The van der Waals surface area contributed by atoms with E-state index in [1.54, 1.807) is 18.3 Å². The highest BCUT2D eigenvalue weighted by molar-refractivity contribution is 7.20. The number of methoxy groups -OCH3 is 1. The Morgan fingerprint density at radius 3 is 2.82 bits per heavy atom. The van der Waals surface area contributed by atoms with Crippen LogP contribution in [0.1, 0.15) is 31.2 Å². The molecule has 0 radical (unpaired) electrons. The molecule has 0 bridgehead atoms. The van der Waals surface area contributed by atoms with Crippen LogP contribution >= 0.6 is 11.3 Å². The van der Waals surface area contributed by atoms with Crippen LogP contribution in [0, 0.1) is 6.92 Å². The first-order valence-corrected chi connectivity index (χ1v) is 9.43. The van der Waals surface area contributed by atoms with Gasteiger partial charge in [-0.15, -0.1) is 11.3 Å². The normalized spacial score (nSPS) is 11.4. The van der Waals surface area contributed by atoms with E-state index in [1.165, 1.54) is 30.7 Å². The molecule has 0 fully saturated rings. The number of thiophene rings is 1. The van der Waals surface area contributed by atoms with Crippen LogP contribution in [0.15, 0.2) is 54.9 Å². The Hall–Kier alpha value is -3.38. The van der Waals surface area contributed by atoms with E-state index in [9.17, 15) is 9.59 Å². The Morgan fingerprint density at radius 1 is 1.14 bits per heavy atom. The third kappa shape index (κ3) is 3.30. The molecule has 0 spiro atoms. The number of hydrogen-bond donors (Lipinski definition) is 0. The van der Waals surface area contributed by atoms with Gasteiger partial charge in [0.05, 0.1) is 12.6 Å². The standard InChI is InChI=1S/C22H16N2O3S/c1-13-17-11-16(12-24-21(17)28-20(13)22(26)27-2)19(25)8-6-14-5-7-18-15(10-14)4-3-9-23-18/h3-12H,1-2H3/b8-6+. The summed E-state index contributed by atoms with van der Waals surface area (Å²) in [7, 11) is 1.35. The lowest BCUT2D eigenvalue weighted by atomic mass is 10.1. The quantitative estimate of drug-likeness (QED) is 0.284. The molecule has 28 heavy (non-hydrogen) atoms. The molecule has 1 aromatic carbocycles. The van der Waals surface area contributed by atoms with Gasteiger partial charge in [-0.1, -0.05) is 18.2 Å². The van der Waals surface area contributed by atoms with Gasteiger partial charge in [-0.2, -0.15) is 0 Å². The van der Waals surface area contributed by atoms with Gasteiger partial charge in [0.2, 0.25) is 0 Å². The van der Waals surface area contributed by atoms with Crippen molar-refractivity contribution in [2.24, 2.45) is 0 Å².